The molecule has 4 N–H and O–H groups in total. The van der Waals surface area contributed by atoms with Crippen LogP contribution in [0.25, 0.3) is 5.70 Å². The Labute approximate surface area is 229 Å². The lowest BCUT2D eigenvalue weighted by molar-refractivity contribution is -0.135. The average molecular weight is 533 g/mol. The molecule has 1 saturated carbocycles. The minimum Gasteiger partial charge on any atom is -0.340 e. The molecule has 0 radical (unpaired) electrons. The number of nitrogens with zero attached hydrogens (tertiary/aromatic N) is 2. The van der Waals surface area contributed by atoms with Crippen molar-refractivity contribution >= 4 is 17.5 Å². The normalized spacial score (nSPS) is 21.4. The van der Waals surface area contributed by atoms with Crippen molar-refractivity contribution in [2.24, 2.45) is 0 Å². The van der Waals surface area contributed by atoms with Crippen LogP contribution in [-0.2, 0) is 4.79 Å². The number of hydrogen-bond donors (Lipinski definition) is 4. The molecule has 206 valence electrons. The minimum atomic E-state index is -0.577. The second-order valence-corrected chi connectivity index (χ2v) is 10.5. The first-order chi connectivity index (χ1) is 19.0. The van der Waals surface area contributed by atoms with E-state index in [9.17, 15) is 14.0 Å². The summed E-state index contributed by atoms with van der Waals surface area (Å²) in [5.41, 5.74) is 9.57. The van der Waals surface area contributed by atoms with E-state index in [1.54, 1.807) is 18.3 Å². The summed E-state index contributed by atoms with van der Waals surface area (Å²) >= 11 is 0. The molecule has 2 aromatic carbocycles. The summed E-state index contributed by atoms with van der Waals surface area (Å²) in [6, 6.07) is 13.9. The number of rotatable bonds is 10. The second kappa shape index (κ2) is 12.4. The third-order valence-corrected chi connectivity index (χ3v) is 7.69. The molecule has 0 aromatic heterocycles. The summed E-state index contributed by atoms with van der Waals surface area (Å²) in [6.45, 7) is 3.75. The van der Waals surface area contributed by atoms with Crippen molar-refractivity contribution in [2.75, 3.05) is 39.8 Å². The van der Waals surface area contributed by atoms with Crippen LogP contribution in [0.15, 0.2) is 66.9 Å². The first-order valence-electron chi connectivity index (χ1n) is 13.7. The lowest BCUT2D eigenvalue weighted by Crippen LogP contribution is -2.54. The number of nitrogens with one attached hydrogen (secondary N) is 4. The maximum atomic E-state index is 13.4. The Morgan fingerprint density at radius 3 is 2.49 bits per heavy atom. The number of hydrazine groups is 1. The first kappa shape index (κ1) is 26.9. The molecule has 2 aliphatic heterocycles. The van der Waals surface area contributed by atoms with Crippen LogP contribution in [0, 0.1) is 5.82 Å². The topological polar surface area (TPSA) is 88.7 Å². The summed E-state index contributed by atoms with van der Waals surface area (Å²) in [5, 5.41) is 6.59. The smallest absolute Gasteiger partial charge is 0.251 e. The number of allylic oxidation sites excluding steroid dienone is 2. The van der Waals surface area contributed by atoms with Gasteiger partial charge in [0.25, 0.3) is 5.91 Å². The van der Waals surface area contributed by atoms with Gasteiger partial charge in [-0.15, -0.1) is 0 Å². The van der Waals surface area contributed by atoms with E-state index in [1.807, 2.05) is 41.3 Å². The van der Waals surface area contributed by atoms with Gasteiger partial charge in [-0.25, -0.2) is 4.39 Å². The van der Waals surface area contributed by atoms with Gasteiger partial charge in [-0.1, -0.05) is 24.3 Å². The summed E-state index contributed by atoms with van der Waals surface area (Å²) in [5.74, 6) is -0.0732. The van der Waals surface area contributed by atoms with Crippen molar-refractivity contribution < 1.29 is 14.0 Å². The monoisotopic (exact) mass is 532 g/mol. The molecule has 5 rings (SSSR count). The number of carbonyl (C=O) groups is 2. The van der Waals surface area contributed by atoms with Gasteiger partial charge in [0.1, 0.15) is 11.9 Å². The molecule has 8 nitrogen and oxygen atoms in total. The molecule has 1 aliphatic carbocycles. The maximum absolute atomic E-state index is 13.4. The van der Waals surface area contributed by atoms with Crippen molar-refractivity contribution in [3.8, 4) is 0 Å². The molecule has 2 amide bonds. The van der Waals surface area contributed by atoms with E-state index >= 15 is 0 Å². The Bertz CT molecular complexity index is 1200. The summed E-state index contributed by atoms with van der Waals surface area (Å²) in [7, 11) is 2.05. The zero-order valence-corrected chi connectivity index (χ0v) is 22.3. The number of hydrogen-bond acceptors (Lipinski definition) is 6. The van der Waals surface area contributed by atoms with Gasteiger partial charge < -0.3 is 31.3 Å². The molecule has 2 heterocycles. The number of carbonyl (C=O) groups excluding carboxylic acids is 2. The predicted molar refractivity (Wildman–Crippen MR) is 150 cm³/mol. The molecule has 1 saturated heterocycles. The molecule has 39 heavy (non-hydrogen) atoms. The number of halogens is 1. The molecule has 9 heteroatoms. The Balaban J connectivity index is 1.16. The zero-order chi connectivity index (χ0) is 27.2. The number of likely N-dealkylation sites (N-methyl/N-ethyl adjacent to an activating group) is 1. The van der Waals surface area contributed by atoms with E-state index in [1.165, 1.54) is 12.1 Å². The number of amides is 2. The second-order valence-electron chi connectivity index (χ2n) is 10.5. The Morgan fingerprint density at radius 1 is 1.05 bits per heavy atom. The first-order valence-corrected chi connectivity index (χ1v) is 13.7. The number of piperazine rings is 1. The van der Waals surface area contributed by atoms with Crippen LogP contribution in [0.2, 0.25) is 0 Å². The molecular formula is C30H37FN6O2. The fraction of sp³-hybridized carbons (Fsp3) is 0.400. The highest BCUT2D eigenvalue weighted by Crippen LogP contribution is 2.40. The molecule has 3 atom stereocenters. The molecule has 2 aromatic rings. The zero-order valence-electron chi connectivity index (χ0n) is 22.3. The molecule has 0 bridgehead atoms. The van der Waals surface area contributed by atoms with Crippen molar-refractivity contribution in [3.05, 3.63) is 89.4 Å². The van der Waals surface area contributed by atoms with Gasteiger partial charge in [-0.2, -0.15) is 0 Å². The van der Waals surface area contributed by atoms with E-state index in [4.69, 9.17) is 0 Å². The van der Waals surface area contributed by atoms with Gasteiger partial charge in [-0.05, 0) is 80.4 Å². The molecule has 0 unspecified atom stereocenters. The standard InChI is InChI=1S/C30H37FN6O2/c1-36-16-18-37(19-17-36)30(39)27(5-2-14-32-28-20-25(28)21-10-12-24(31)13-11-21)34-29(38)23-8-6-22(7-9-23)26-4-3-15-33-35-26/h3-4,6-13,15,25,27-28,32-33,35H,2,5,14,16-20H2,1H3,(H,34,38)/t25-,27-,28+/m0/s1. The van der Waals surface area contributed by atoms with Crippen molar-refractivity contribution in [1.29, 1.82) is 0 Å². The van der Waals surface area contributed by atoms with E-state index in [2.05, 4.69) is 33.4 Å². The predicted octanol–water partition coefficient (Wildman–Crippen LogP) is 2.59. The summed E-state index contributed by atoms with van der Waals surface area (Å²) < 4.78 is 13.2. The minimum absolute atomic E-state index is 0.0156. The van der Waals surface area contributed by atoms with Gasteiger partial charge in [0.2, 0.25) is 5.91 Å². The highest BCUT2D eigenvalue weighted by atomic mass is 19.1. The number of benzene rings is 2. The molecular weight excluding hydrogens is 495 g/mol. The quantitative estimate of drug-likeness (QED) is 0.352. The fourth-order valence-corrected chi connectivity index (χ4v) is 5.16. The highest BCUT2D eigenvalue weighted by Gasteiger charge is 2.37. The van der Waals surface area contributed by atoms with Crippen molar-refractivity contribution in [3.63, 3.8) is 0 Å². The van der Waals surface area contributed by atoms with Gasteiger partial charge in [0.05, 0.1) is 5.70 Å². The molecule has 3 aliphatic rings. The fourth-order valence-electron chi connectivity index (χ4n) is 5.16. The van der Waals surface area contributed by atoms with Gasteiger partial charge in [0.15, 0.2) is 0 Å². The van der Waals surface area contributed by atoms with E-state index in [0.29, 0.717) is 37.0 Å². The largest absolute Gasteiger partial charge is 0.340 e. The lowest BCUT2D eigenvalue weighted by atomic mass is 10.1. The maximum Gasteiger partial charge on any atom is 0.251 e. The van der Waals surface area contributed by atoms with Gasteiger partial charge in [-0.3, -0.25) is 9.59 Å². The van der Waals surface area contributed by atoms with Crippen LogP contribution in [-0.4, -0.2) is 73.5 Å². The van der Waals surface area contributed by atoms with Crippen LogP contribution in [0.3, 0.4) is 0 Å². The van der Waals surface area contributed by atoms with Gasteiger partial charge in [0, 0.05) is 49.9 Å². The van der Waals surface area contributed by atoms with Crippen molar-refractivity contribution in [1.82, 2.24) is 31.3 Å². The highest BCUT2D eigenvalue weighted by molar-refractivity contribution is 5.97. The van der Waals surface area contributed by atoms with Crippen LogP contribution in [0.5, 0.6) is 0 Å². The van der Waals surface area contributed by atoms with Gasteiger partial charge >= 0.3 is 0 Å². The SMILES string of the molecule is CN1CCN(C(=O)[C@H](CCCN[C@@H]2C[C@H]2c2ccc(F)cc2)NC(=O)c2ccc(C3=CC=CNN3)cc2)CC1. The molecule has 2 fully saturated rings. The van der Waals surface area contributed by atoms with Crippen molar-refractivity contribution in [2.45, 2.75) is 37.3 Å². The summed E-state index contributed by atoms with van der Waals surface area (Å²) in [6.07, 6.45) is 8.00. The lowest BCUT2D eigenvalue weighted by Gasteiger charge is -2.34. The van der Waals surface area contributed by atoms with E-state index in [0.717, 1.165) is 49.3 Å². The Morgan fingerprint density at radius 2 is 1.79 bits per heavy atom. The van der Waals surface area contributed by atoms with Crippen LogP contribution >= 0.6 is 0 Å². The van der Waals surface area contributed by atoms with E-state index in [-0.39, 0.29) is 17.6 Å². The third kappa shape index (κ3) is 7.04. The Kier molecular flexibility index (Phi) is 8.58. The van der Waals surface area contributed by atoms with Crippen LogP contribution < -0.4 is 21.5 Å². The third-order valence-electron chi connectivity index (χ3n) is 7.69. The summed E-state index contributed by atoms with van der Waals surface area (Å²) in [4.78, 5) is 30.7. The van der Waals surface area contributed by atoms with Crippen LogP contribution in [0.1, 0.15) is 46.7 Å². The van der Waals surface area contributed by atoms with E-state index < -0.39 is 6.04 Å². The molecule has 0 spiro atoms. The van der Waals surface area contributed by atoms with Crippen LogP contribution in [0.4, 0.5) is 4.39 Å². The Hall–Kier alpha value is -3.69. The average Bonchev–Trinajstić information content (AvgIpc) is 3.75.